The maximum Gasteiger partial charge on any atom is 0.338 e. The summed E-state index contributed by atoms with van der Waals surface area (Å²) in [4.78, 5) is 67.4. The summed E-state index contributed by atoms with van der Waals surface area (Å²) in [5, 5.41) is 21.0. The fourth-order valence-corrected chi connectivity index (χ4v) is 6.71. The number of rotatable bonds is 15. The second-order valence-electron chi connectivity index (χ2n) is 14.7. The summed E-state index contributed by atoms with van der Waals surface area (Å²) < 4.78 is 5.44. The van der Waals surface area contributed by atoms with E-state index >= 15 is 0 Å². The first-order valence-corrected chi connectivity index (χ1v) is 18.2. The molecule has 12 nitrogen and oxygen atoms in total. The van der Waals surface area contributed by atoms with Crippen molar-refractivity contribution in [3.8, 4) is 0 Å². The zero-order valence-electron chi connectivity index (χ0n) is 30.9. The maximum absolute atomic E-state index is 13.7. The monoisotopic (exact) mass is 735 g/mol. The summed E-state index contributed by atoms with van der Waals surface area (Å²) in [5.41, 5.74) is 7.55. The molecule has 4 aromatic carbocycles. The van der Waals surface area contributed by atoms with Gasteiger partial charge in [0.25, 0.3) is 5.91 Å². The molecule has 12 heteroatoms. The topological polar surface area (TPSA) is 180 Å². The molecule has 1 aliphatic heterocycles. The third-order valence-electron chi connectivity index (χ3n) is 9.57. The Morgan fingerprint density at radius 3 is 2.09 bits per heavy atom. The van der Waals surface area contributed by atoms with E-state index in [0.717, 1.165) is 24.1 Å². The summed E-state index contributed by atoms with van der Waals surface area (Å²) >= 11 is 0. The van der Waals surface area contributed by atoms with Gasteiger partial charge in [-0.3, -0.25) is 24.1 Å². The Hall–Kier alpha value is -5.59. The van der Waals surface area contributed by atoms with Crippen LogP contribution >= 0.6 is 0 Å². The molecule has 1 aliphatic rings. The fraction of sp³-hybridized carbons (Fsp3) is 0.357. The smallest absolute Gasteiger partial charge is 0.338 e. The number of hydrogen-bond donors (Lipinski definition) is 5. The lowest BCUT2D eigenvalue weighted by atomic mass is 9.99. The number of amides is 4. The molecule has 0 aromatic heterocycles. The number of likely N-dealkylation sites (tertiary alicyclic amines) is 1. The molecule has 54 heavy (non-hydrogen) atoms. The zero-order chi connectivity index (χ0) is 38.8. The molecular weight excluding hydrogens is 686 g/mol. The van der Waals surface area contributed by atoms with Gasteiger partial charge in [0, 0.05) is 17.6 Å². The number of nitrogens with two attached hydrogens (primary N) is 1. The highest BCUT2D eigenvalue weighted by Crippen LogP contribution is 2.26. The second-order valence-corrected chi connectivity index (χ2v) is 14.7. The van der Waals surface area contributed by atoms with E-state index in [-0.39, 0.29) is 42.6 Å². The Bertz CT molecular complexity index is 1950. The number of primary amides is 1. The molecule has 4 aromatic rings. The fourth-order valence-electron chi connectivity index (χ4n) is 6.71. The number of aliphatic hydroxyl groups excluding tert-OH is 1. The number of ether oxygens (including phenoxy) is 1. The average Bonchev–Trinajstić information content (AvgIpc) is 3.67. The Morgan fingerprint density at radius 2 is 1.46 bits per heavy atom. The van der Waals surface area contributed by atoms with Gasteiger partial charge < -0.3 is 31.5 Å². The van der Waals surface area contributed by atoms with Crippen LogP contribution in [0, 0.1) is 0 Å². The van der Waals surface area contributed by atoms with Gasteiger partial charge in [0.05, 0.1) is 30.2 Å². The van der Waals surface area contributed by atoms with Gasteiger partial charge in [0.1, 0.15) is 12.6 Å². The van der Waals surface area contributed by atoms with E-state index < -0.39 is 48.3 Å². The molecule has 4 atom stereocenters. The second kappa shape index (κ2) is 18.0. The number of esters is 1. The molecule has 0 aliphatic carbocycles. The molecule has 1 fully saturated rings. The van der Waals surface area contributed by atoms with Crippen LogP contribution in [0.1, 0.15) is 71.9 Å². The van der Waals surface area contributed by atoms with Crippen LogP contribution in [0.3, 0.4) is 0 Å². The predicted octanol–water partition coefficient (Wildman–Crippen LogP) is 3.64. The van der Waals surface area contributed by atoms with Gasteiger partial charge in [-0.2, -0.15) is 0 Å². The highest BCUT2D eigenvalue weighted by molar-refractivity contribution is 6.02. The molecule has 1 heterocycles. The summed E-state index contributed by atoms with van der Waals surface area (Å²) in [7, 11) is 0. The number of nitrogens with zero attached hydrogens (tertiary/aromatic N) is 1. The van der Waals surface area contributed by atoms with E-state index in [9.17, 15) is 29.1 Å². The van der Waals surface area contributed by atoms with E-state index in [1.165, 1.54) is 0 Å². The van der Waals surface area contributed by atoms with Crippen LogP contribution in [0.15, 0.2) is 97.1 Å². The SMILES string of the molecule is CC(C)(C)N1CCC[C@H]1C(=O)NC[C@@H](O)[C@H](Cc1ccccc1)NC(=O)[C@H](CC(N)=O)NC(=O)c1ccc2cc(C(=O)OCc3ccccc3)ccc2c1. The quantitative estimate of drug-likeness (QED) is 0.115. The molecule has 5 rings (SSSR count). The lowest BCUT2D eigenvalue weighted by Crippen LogP contribution is -2.57. The van der Waals surface area contributed by atoms with Gasteiger partial charge in [-0.1, -0.05) is 72.8 Å². The molecule has 0 saturated carbocycles. The normalized spacial score (nSPS) is 16.2. The molecule has 0 radical (unpaired) electrons. The number of carbonyl (C=O) groups is 5. The van der Waals surface area contributed by atoms with Crippen LogP contribution in [-0.2, 0) is 32.1 Å². The van der Waals surface area contributed by atoms with Crippen LogP contribution < -0.4 is 21.7 Å². The van der Waals surface area contributed by atoms with Crippen LogP contribution in [-0.4, -0.2) is 82.5 Å². The number of nitrogens with one attached hydrogen (secondary N) is 3. The predicted molar refractivity (Wildman–Crippen MR) is 205 cm³/mol. The summed E-state index contributed by atoms with van der Waals surface area (Å²) in [5.74, 6) is -2.84. The minimum Gasteiger partial charge on any atom is -0.457 e. The van der Waals surface area contributed by atoms with Crippen molar-refractivity contribution >= 4 is 40.4 Å². The van der Waals surface area contributed by atoms with Crippen molar-refractivity contribution in [3.05, 3.63) is 119 Å². The zero-order valence-corrected chi connectivity index (χ0v) is 30.9. The summed E-state index contributed by atoms with van der Waals surface area (Å²) in [6.45, 7) is 6.99. The van der Waals surface area contributed by atoms with Crippen LogP contribution in [0.25, 0.3) is 10.8 Å². The van der Waals surface area contributed by atoms with E-state index in [0.29, 0.717) is 22.8 Å². The van der Waals surface area contributed by atoms with Crippen molar-refractivity contribution in [1.82, 2.24) is 20.9 Å². The van der Waals surface area contributed by atoms with Gasteiger partial charge in [-0.15, -0.1) is 0 Å². The molecule has 0 spiro atoms. The molecule has 4 amide bonds. The first-order chi connectivity index (χ1) is 25.8. The third kappa shape index (κ3) is 10.7. The van der Waals surface area contributed by atoms with Crippen LogP contribution in [0.4, 0.5) is 0 Å². The molecule has 0 unspecified atom stereocenters. The van der Waals surface area contributed by atoms with Crippen LogP contribution in [0.5, 0.6) is 0 Å². The minimum absolute atomic E-state index is 0.124. The van der Waals surface area contributed by atoms with Crippen LogP contribution in [0.2, 0.25) is 0 Å². The third-order valence-corrected chi connectivity index (χ3v) is 9.57. The van der Waals surface area contributed by atoms with Gasteiger partial charge in [0.15, 0.2) is 0 Å². The summed E-state index contributed by atoms with van der Waals surface area (Å²) in [6.07, 6.45) is 0.122. The van der Waals surface area contributed by atoms with E-state index in [4.69, 9.17) is 10.5 Å². The van der Waals surface area contributed by atoms with Crippen molar-refractivity contribution in [1.29, 1.82) is 0 Å². The van der Waals surface area contributed by atoms with E-state index in [1.807, 2.05) is 60.7 Å². The van der Waals surface area contributed by atoms with Crippen molar-refractivity contribution in [2.45, 2.75) is 82.8 Å². The average molecular weight is 736 g/mol. The lowest BCUT2D eigenvalue weighted by Gasteiger charge is -2.36. The maximum atomic E-state index is 13.7. The number of benzene rings is 4. The van der Waals surface area contributed by atoms with Gasteiger partial charge in [0.2, 0.25) is 17.7 Å². The number of fused-ring (bicyclic) bond motifs is 1. The van der Waals surface area contributed by atoms with Crippen molar-refractivity contribution in [2.24, 2.45) is 5.73 Å². The largest absolute Gasteiger partial charge is 0.457 e. The highest BCUT2D eigenvalue weighted by atomic mass is 16.5. The van der Waals surface area contributed by atoms with E-state index in [2.05, 4.69) is 41.6 Å². The van der Waals surface area contributed by atoms with E-state index in [1.54, 1.807) is 36.4 Å². The molecule has 0 bridgehead atoms. The Balaban J connectivity index is 1.25. The Morgan fingerprint density at radius 1 is 0.852 bits per heavy atom. The highest BCUT2D eigenvalue weighted by Gasteiger charge is 2.37. The first-order valence-electron chi connectivity index (χ1n) is 18.2. The molecular formula is C42H49N5O7. The molecule has 284 valence electrons. The van der Waals surface area contributed by atoms with Crippen molar-refractivity contribution in [3.63, 3.8) is 0 Å². The molecule has 6 N–H and O–H groups in total. The Labute approximate surface area is 315 Å². The number of aliphatic hydroxyl groups is 1. The minimum atomic E-state index is -1.36. The van der Waals surface area contributed by atoms with Gasteiger partial charge in [-0.05, 0) is 92.7 Å². The van der Waals surface area contributed by atoms with Gasteiger partial charge >= 0.3 is 5.97 Å². The summed E-state index contributed by atoms with van der Waals surface area (Å²) in [6, 6.07) is 25.8. The molecule has 1 saturated heterocycles. The number of carbonyl (C=O) groups excluding carboxylic acids is 5. The standard InChI is InChI=1S/C42H49N5O7/c1-42(2,3)47-20-10-15-35(47)40(52)44-25-36(48)33(21-27-11-6-4-7-12-27)45-39(51)34(24-37(43)49)46-38(50)31-18-16-30-23-32(19-17-29(30)22-31)41(53)54-26-28-13-8-5-9-14-28/h4-9,11-14,16-19,22-23,33-36,48H,10,15,20-21,24-26H2,1-3H3,(H2,43,49)(H,44,52)(H,45,51)(H,46,50)/t33-,34-,35-,36+/m0/s1. The Kier molecular flexibility index (Phi) is 13.2. The van der Waals surface area contributed by atoms with Crippen molar-refractivity contribution < 1.29 is 33.8 Å². The van der Waals surface area contributed by atoms with Gasteiger partial charge in [-0.25, -0.2) is 4.79 Å². The number of hydrogen-bond acceptors (Lipinski definition) is 8. The first kappa shape index (κ1) is 39.6. The van der Waals surface area contributed by atoms with Crippen molar-refractivity contribution in [2.75, 3.05) is 13.1 Å². The lowest BCUT2D eigenvalue weighted by molar-refractivity contribution is -0.128.